The van der Waals surface area contributed by atoms with Gasteiger partial charge in [-0.25, -0.2) is 4.79 Å². The number of carbonyl (C=O) groups is 3. The Morgan fingerprint density at radius 2 is 1.67 bits per heavy atom. The molecule has 0 spiro atoms. The Kier molecular flexibility index (Phi) is 5.51. The highest BCUT2D eigenvalue weighted by molar-refractivity contribution is 14.0. The summed E-state index contributed by atoms with van der Waals surface area (Å²) >= 11 is 0. The van der Waals surface area contributed by atoms with Crippen molar-refractivity contribution in [2.45, 2.75) is 25.7 Å². The third-order valence-corrected chi connectivity index (χ3v) is 3.24. The van der Waals surface area contributed by atoms with E-state index in [1.807, 2.05) is 7.05 Å². The zero-order valence-electron chi connectivity index (χ0n) is 10.3. The lowest BCUT2D eigenvalue weighted by molar-refractivity contribution is -0.201. The summed E-state index contributed by atoms with van der Waals surface area (Å²) < 4.78 is 0. The van der Waals surface area contributed by atoms with Gasteiger partial charge in [0.15, 0.2) is 0 Å². The number of carbonyl (C=O) groups excluding carboxylic acids is 3. The number of nitrogens with zero attached hydrogens (tertiary/aromatic N) is 2. The van der Waals surface area contributed by atoms with E-state index >= 15 is 0 Å². The van der Waals surface area contributed by atoms with E-state index in [4.69, 9.17) is 4.84 Å². The fraction of sp³-hybridized carbons (Fsp3) is 0.727. The Hall–Kier alpha value is -0.700. The van der Waals surface area contributed by atoms with Crippen molar-refractivity contribution in [2.75, 3.05) is 20.1 Å². The molecular weight excluding hydrogens is 351 g/mol. The van der Waals surface area contributed by atoms with Crippen LogP contribution < -0.4 is 0 Å². The molecule has 0 N–H and O–H groups in total. The molecule has 2 amide bonds. The molecule has 0 aromatic heterocycles. The molecule has 2 aliphatic rings. The summed E-state index contributed by atoms with van der Waals surface area (Å²) in [6.45, 7) is 1.67. The molecule has 2 aliphatic heterocycles. The third-order valence-electron chi connectivity index (χ3n) is 3.24. The molecule has 0 aromatic carbocycles. The topological polar surface area (TPSA) is 66.9 Å². The normalized spacial score (nSPS) is 21.9. The molecule has 0 radical (unpaired) electrons. The lowest BCUT2D eigenvalue weighted by Crippen LogP contribution is -2.39. The van der Waals surface area contributed by atoms with Gasteiger partial charge in [0.25, 0.3) is 11.8 Å². The Morgan fingerprint density at radius 3 is 2.17 bits per heavy atom. The third kappa shape index (κ3) is 3.41. The molecule has 2 rings (SSSR count). The average Bonchev–Trinajstić information content (AvgIpc) is 2.61. The Balaban J connectivity index is 0.00000162. The van der Waals surface area contributed by atoms with E-state index < -0.39 is 17.8 Å². The molecule has 0 bridgehead atoms. The Labute approximate surface area is 123 Å². The van der Waals surface area contributed by atoms with Crippen LogP contribution in [0.25, 0.3) is 0 Å². The van der Waals surface area contributed by atoms with Crippen LogP contribution >= 0.6 is 24.0 Å². The largest absolute Gasteiger partial charge is 0.336 e. The summed E-state index contributed by atoms with van der Waals surface area (Å²) in [5, 5.41) is 0.626. The second-order valence-corrected chi connectivity index (χ2v) is 4.57. The molecule has 0 aromatic rings. The number of rotatable bonds is 2. The molecule has 102 valence electrons. The molecule has 0 unspecified atom stereocenters. The van der Waals surface area contributed by atoms with Gasteiger partial charge < -0.3 is 9.74 Å². The number of hydrogen-bond donors (Lipinski definition) is 0. The fourth-order valence-corrected chi connectivity index (χ4v) is 2.07. The van der Waals surface area contributed by atoms with Crippen molar-refractivity contribution < 1.29 is 19.2 Å². The summed E-state index contributed by atoms with van der Waals surface area (Å²) in [7, 11) is 2.00. The lowest BCUT2D eigenvalue weighted by Gasteiger charge is -2.27. The summed E-state index contributed by atoms with van der Waals surface area (Å²) in [6.07, 6.45) is 1.70. The zero-order valence-corrected chi connectivity index (χ0v) is 12.6. The van der Waals surface area contributed by atoms with E-state index in [1.54, 1.807) is 0 Å². The van der Waals surface area contributed by atoms with Crippen molar-refractivity contribution in [1.82, 2.24) is 9.96 Å². The quantitative estimate of drug-likeness (QED) is 0.526. The van der Waals surface area contributed by atoms with E-state index in [0.717, 1.165) is 13.1 Å². The highest BCUT2D eigenvalue weighted by Gasteiger charge is 2.35. The van der Waals surface area contributed by atoms with Crippen molar-refractivity contribution in [3.05, 3.63) is 0 Å². The first-order chi connectivity index (χ1) is 8.08. The number of hydroxylamine groups is 2. The van der Waals surface area contributed by atoms with E-state index in [0.29, 0.717) is 17.9 Å². The van der Waals surface area contributed by atoms with Crippen LogP contribution in [0.4, 0.5) is 0 Å². The Bertz CT molecular complexity index is 337. The number of amides is 2. The van der Waals surface area contributed by atoms with Crippen LogP contribution in [-0.2, 0) is 19.2 Å². The average molecular weight is 368 g/mol. The second kappa shape index (κ2) is 6.46. The van der Waals surface area contributed by atoms with Gasteiger partial charge in [0.2, 0.25) is 0 Å². The predicted octanol–water partition coefficient (Wildman–Crippen LogP) is 0.553. The maximum absolute atomic E-state index is 11.8. The molecule has 2 heterocycles. The number of piperidine rings is 1. The van der Waals surface area contributed by atoms with Crippen LogP contribution in [0.1, 0.15) is 25.7 Å². The molecule has 0 saturated carbocycles. The maximum atomic E-state index is 11.8. The van der Waals surface area contributed by atoms with Gasteiger partial charge in [0.1, 0.15) is 0 Å². The van der Waals surface area contributed by atoms with E-state index in [-0.39, 0.29) is 42.7 Å². The Morgan fingerprint density at radius 1 is 1.17 bits per heavy atom. The van der Waals surface area contributed by atoms with E-state index in [1.165, 1.54) is 0 Å². The smallest absolute Gasteiger partial charge is 0.330 e. The van der Waals surface area contributed by atoms with Crippen molar-refractivity contribution in [1.29, 1.82) is 0 Å². The van der Waals surface area contributed by atoms with E-state index in [9.17, 15) is 14.4 Å². The molecular formula is C11H17IN2O4. The number of likely N-dealkylation sites (tertiary alicyclic amines) is 1. The van der Waals surface area contributed by atoms with Crippen LogP contribution in [0.3, 0.4) is 0 Å². The van der Waals surface area contributed by atoms with Crippen LogP contribution in [0.5, 0.6) is 0 Å². The molecule has 0 atom stereocenters. The molecule has 18 heavy (non-hydrogen) atoms. The van der Waals surface area contributed by atoms with Crippen molar-refractivity contribution in [3.8, 4) is 0 Å². The van der Waals surface area contributed by atoms with E-state index in [2.05, 4.69) is 4.90 Å². The first kappa shape index (κ1) is 15.4. The highest BCUT2D eigenvalue weighted by Crippen LogP contribution is 2.20. The monoisotopic (exact) mass is 368 g/mol. The van der Waals surface area contributed by atoms with Gasteiger partial charge in [-0.3, -0.25) is 9.59 Å². The molecule has 7 heteroatoms. The van der Waals surface area contributed by atoms with Gasteiger partial charge in [0.05, 0.1) is 5.92 Å². The van der Waals surface area contributed by atoms with Gasteiger partial charge in [-0.05, 0) is 33.0 Å². The van der Waals surface area contributed by atoms with Crippen LogP contribution in [-0.4, -0.2) is 47.9 Å². The summed E-state index contributed by atoms with van der Waals surface area (Å²) in [5.74, 6) is -1.50. The SMILES string of the molecule is CN1CCC(C(=O)ON2C(=O)CCC2=O)CC1.I. The van der Waals surface area contributed by atoms with Gasteiger partial charge in [-0.1, -0.05) is 0 Å². The summed E-state index contributed by atoms with van der Waals surface area (Å²) in [5.41, 5.74) is 0. The molecule has 2 saturated heterocycles. The van der Waals surface area contributed by atoms with Gasteiger partial charge in [0, 0.05) is 12.8 Å². The number of imide groups is 1. The van der Waals surface area contributed by atoms with Crippen LogP contribution in [0, 0.1) is 5.92 Å². The van der Waals surface area contributed by atoms with Crippen molar-refractivity contribution in [2.24, 2.45) is 5.92 Å². The van der Waals surface area contributed by atoms with Crippen LogP contribution in [0.15, 0.2) is 0 Å². The van der Waals surface area contributed by atoms with Crippen LogP contribution in [0.2, 0.25) is 0 Å². The first-order valence-electron chi connectivity index (χ1n) is 5.84. The minimum absolute atomic E-state index is 0. The minimum Gasteiger partial charge on any atom is -0.330 e. The molecule has 2 fully saturated rings. The number of halogens is 1. The zero-order chi connectivity index (χ0) is 12.4. The molecule has 0 aliphatic carbocycles. The number of hydrogen-bond acceptors (Lipinski definition) is 5. The van der Waals surface area contributed by atoms with Gasteiger partial charge in [-0.15, -0.1) is 29.0 Å². The van der Waals surface area contributed by atoms with Crippen molar-refractivity contribution in [3.63, 3.8) is 0 Å². The summed E-state index contributed by atoms with van der Waals surface area (Å²) in [4.78, 5) is 41.3. The predicted molar refractivity (Wildman–Crippen MR) is 72.8 cm³/mol. The molecule has 6 nitrogen and oxygen atoms in total. The summed E-state index contributed by atoms with van der Waals surface area (Å²) in [6, 6.07) is 0. The highest BCUT2D eigenvalue weighted by atomic mass is 127. The minimum atomic E-state index is -0.457. The maximum Gasteiger partial charge on any atom is 0.336 e. The second-order valence-electron chi connectivity index (χ2n) is 4.57. The standard InChI is InChI=1S/C11H16N2O4.HI/c1-12-6-4-8(5-7-12)11(16)17-13-9(14)2-3-10(13)15;/h8H,2-7H2,1H3;1H. The lowest BCUT2D eigenvalue weighted by atomic mass is 9.98. The first-order valence-corrected chi connectivity index (χ1v) is 5.84. The van der Waals surface area contributed by atoms with Gasteiger partial charge in [-0.2, -0.15) is 0 Å². The fourth-order valence-electron chi connectivity index (χ4n) is 2.07. The van der Waals surface area contributed by atoms with Gasteiger partial charge >= 0.3 is 5.97 Å². The van der Waals surface area contributed by atoms with Crippen molar-refractivity contribution >= 4 is 41.8 Å².